The third kappa shape index (κ3) is 3.04. The Morgan fingerprint density at radius 1 is 1.30 bits per heavy atom. The number of nitrogens with one attached hydrogen (secondary N) is 1. The van der Waals surface area contributed by atoms with Crippen LogP contribution in [0.3, 0.4) is 0 Å². The summed E-state index contributed by atoms with van der Waals surface area (Å²) < 4.78 is 28.9. The van der Waals surface area contributed by atoms with Crippen LogP contribution in [0, 0.1) is 11.6 Å². The van der Waals surface area contributed by atoms with E-state index in [0.717, 1.165) is 17.6 Å². The van der Waals surface area contributed by atoms with Crippen molar-refractivity contribution in [2.24, 2.45) is 0 Å². The Morgan fingerprint density at radius 3 is 2.78 bits per heavy atom. The highest BCUT2D eigenvalue weighted by atomic mass is 19.1. The molecule has 2 heterocycles. The first kappa shape index (κ1) is 15.1. The summed E-state index contributed by atoms with van der Waals surface area (Å²) in [7, 11) is 0. The van der Waals surface area contributed by atoms with Crippen molar-refractivity contribution in [3.63, 3.8) is 0 Å². The van der Waals surface area contributed by atoms with E-state index in [2.05, 4.69) is 10.3 Å². The highest BCUT2D eigenvalue weighted by Gasteiger charge is 2.18. The number of pyridine rings is 1. The summed E-state index contributed by atoms with van der Waals surface area (Å²) in [5.41, 5.74) is 0.636. The van der Waals surface area contributed by atoms with Gasteiger partial charge in [0, 0.05) is 18.3 Å². The minimum atomic E-state index is -1.47. The van der Waals surface area contributed by atoms with Crippen molar-refractivity contribution in [1.29, 1.82) is 0 Å². The van der Waals surface area contributed by atoms with Crippen LogP contribution in [0.4, 0.5) is 8.78 Å². The summed E-state index contributed by atoms with van der Waals surface area (Å²) in [5, 5.41) is 12.4. The molecule has 0 aliphatic carbocycles. The molecule has 3 rings (SSSR count). The van der Waals surface area contributed by atoms with Crippen LogP contribution in [0.15, 0.2) is 49.1 Å². The van der Waals surface area contributed by atoms with Gasteiger partial charge in [0.05, 0.1) is 23.6 Å². The number of nitrogens with zero attached hydrogens (tertiary/aromatic N) is 2. The van der Waals surface area contributed by atoms with E-state index < -0.39 is 29.2 Å². The predicted octanol–water partition coefficient (Wildman–Crippen LogP) is 2.08. The van der Waals surface area contributed by atoms with Crippen LogP contribution < -0.4 is 5.32 Å². The third-order valence-electron chi connectivity index (χ3n) is 3.47. The molecule has 1 amide bonds. The molecule has 0 aliphatic heterocycles. The summed E-state index contributed by atoms with van der Waals surface area (Å²) in [5.74, 6) is -2.16. The zero-order valence-corrected chi connectivity index (χ0v) is 11.9. The number of imidazole rings is 1. The number of halogens is 2. The van der Waals surface area contributed by atoms with Crippen molar-refractivity contribution in [3.8, 4) is 0 Å². The minimum absolute atomic E-state index is 0.304. The fraction of sp³-hybridized carbons (Fsp3) is 0.125. The van der Waals surface area contributed by atoms with Gasteiger partial charge in [0.15, 0.2) is 0 Å². The standard InChI is InChI=1S/C16H13F2N3O2/c17-12-2-1-3-13(18)15(12)14(22)8-20-16(23)10-4-5-21-9-19-7-11(21)6-10/h1-7,9,14,22H,8H2,(H,20,23). The second-order valence-electron chi connectivity index (χ2n) is 5.00. The molecule has 3 aromatic rings. The van der Waals surface area contributed by atoms with Gasteiger partial charge in [-0.25, -0.2) is 13.8 Å². The van der Waals surface area contributed by atoms with Gasteiger partial charge in [-0.15, -0.1) is 0 Å². The fourth-order valence-electron chi connectivity index (χ4n) is 2.28. The number of rotatable bonds is 4. The number of aromatic nitrogens is 2. The Morgan fingerprint density at radius 2 is 2.04 bits per heavy atom. The Labute approximate surface area is 130 Å². The van der Waals surface area contributed by atoms with Crippen LogP contribution in [0.25, 0.3) is 5.52 Å². The first-order valence-electron chi connectivity index (χ1n) is 6.88. The topological polar surface area (TPSA) is 66.6 Å². The Balaban J connectivity index is 1.71. The van der Waals surface area contributed by atoms with Gasteiger partial charge in [0.1, 0.15) is 17.7 Å². The second-order valence-corrected chi connectivity index (χ2v) is 5.00. The lowest BCUT2D eigenvalue weighted by Gasteiger charge is -2.14. The number of aliphatic hydroxyl groups excluding tert-OH is 1. The molecule has 2 N–H and O–H groups in total. The van der Waals surface area contributed by atoms with Crippen LogP contribution in [0.2, 0.25) is 0 Å². The lowest BCUT2D eigenvalue weighted by molar-refractivity contribution is 0.0911. The summed E-state index contributed by atoms with van der Waals surface area (Å²) in [6.45, 7) is -0.304. The molecule has 1 atom stereocenters. The van der Waals surface area contributed by atoms with E-state index in [1.807, 2.05) is 0 Å². The molecule has 0 spiro atoms. The maximum Gasteiger partial charge on any atom is 0.251 e. The van der Waals surface area contributed by atoms with Crippen LogP contribution in [0.1, 0.15) is 22.0 Å². The summed E-state index contributed by atoms with van der Waals surface area (Å²) in [6.07, 6.45) is 3.39. The van der Waals surface area contributed by atoms with Crippen molar-refractivity contribution in [2.45, 2.75) is 6.10 Å². The Kier molecular flexibility index (Phi) is 4.03. The first-order chi connectivity index (χ1) is 11.1. The van der Waals surface area contributed by atoms with Crippen LogP contribution in [-0.4, -0.2) is 26.9 Å². The van der Waals surface area contributed by atoms with Gasteiger partial charge in [0.25, 0.3) is 5.91 Å². The third-order valence-corrected chi connectivity index (χ3v) is 3.47. The van der Waals surface area contributed by atoms with Gasteiger partial charge in [-0.3, -0.25) is 4.79 Å². The number of benzene rings is 1. The van der Waals surface area contributed by atoms with Crippen molar-refractivity contribution in [3.05, 3.63) is 71.8 Å². The van der Waals surface area contributed by atoms with E-state index in [-0.39, 0.29) is 6.54 Å². The predicted molar refractivity (Wildman–Crippen MR) is 78.8 cm³/mol. The monoisotopic (exact) mass is 317 g/mol. The fourth-order valence-corrected chi connectivity index (χ4v) is 2.28. The molecule has 2 aromatic heterocycles. The van der Waals surface area contributed by atoms with Crippen molar-refractivity contribution in [2.75, 3.05) is 6.54 Å². The van der Waals surface area contributed by atoms with E-state index >= 15 is 0 Å². The molecule has 0 bridgehead atoms. The molecule has 5 nitrogen and oxygen atoms in total. The zero-order valence-electron chi connectivity index (χ0n) is 11.9. The first-order valence-corrected chi connectivity index (χ1v) is 6.88. The Bertz CT molecular complexity index is 843. The molecule has 0 fully saturated rings. The number of amides is 1. The zero-order chi connectivity index (χ0) is 16.4. The average Bonchev–Trinajstić information content (AvgIpc) is 3.00. The van der Waals surface area contributed by atoms with Gasteiger partial charge in [0.2, 0.25) is 0 Å². The summed E-state index contributed by atoms with van der Waals surface area (Å²) in [6, 6.07) is 6.52. The number of carbonyl (C=O) groups is 1. The Hall–Kier alpha value is -2.80. The van der Waals surface area contributed by atoms with Gasteiger partial charge in [-0.1, -0.05) is 6.07 Å². The largest absolute Gasteiger partial charge is 0.386 e. The molecule has 0 saturated carbocycles. The molecule has 118 valence electrons. The molecule has 1 aromatic carbocycles. The van der Waals surface area contributed by atoms with Crippen molar-refractivity contribution >= 4 is 11.4 Å². The molecule has 1 unspecified atom stereocenters. The number of hydrogen-bond donors (Lipinski definition) is 2. The van der Waals surface area contributed by atoms with Crippen molar-refractivity contribution < 1.29 is 18.7 Å². The number of aliphatic hydroxyl groups is 1. The lowest BCUT2D eigenvalue weighted by atomic mass is 10.1. The van der Waals surface area contributed by atoms with E-state index in [9.17, 15) is 18.7 Å². The van der Waals surface area contributed by atoms with Crippen LogP contribution in [0.5, 0.6) is 0 Å². The normalized spacial score (nSPS) is 12.3. The number of hydrogen-bond acceptors (Lipinski definition) is 3. The second kappa shape index (κ2) is 6.13. The van der Waals surface area contributed by atoms with E-state index in [0.29, 0.717) is 5.56 Å². The summed E-state index contributed by atoms with van der Waals surface area (Å²) >= 11 is 0. The number of fused-ring (bicyclic) bond motifs is 1. The van der Waals surface area contributed by atoms with E-state index in [1.54, 1.807) is 35.3 Å². The van der Waals surface area contributed by atoms with Crippen LogP contribution in [-0.2, 0) is 0 Å². The maximum atomic E-state index is 13.6. The summed E-state index contributed by atoms with van der Waals surface area (Å²) in [4.78, 5) is 16.0. The molecule has 7 heteroatoms. The van der Waals surface area contributed by atoms with E-state index in [1.165, 1.54) is 6.07 Å². The molecular formula is C16H13F2N3O2. The van der Waals surface area contributed by atoms with Gasteiger partial charge in [-0.2, -0.15) is 0 Å². The van der Waals surface area contributed by atoms with Crippen molar-refractivity contribution in [1.82, 2.24) is 14.7 Å². The molecule has 0 saturated heterocycles. The maximum absolute atomic E-state index is 13.6. The minimum Gasteiger partial charge on any atom is -0.386 e. The van der Waals surface area contributed by atoms with Gasteiger partial charge < -0.3 is 14.8 Å². The van der Waals surface area contributed by atoms with Crippen LogP contribution >= 0.6 is 0 Å². The SMILES string of the molecule is O=C(NCC(O)c1c(F)cccc1F)c1ccn2cncc2c1. The number of carbonyl (C=O) groups excluding carboxylic acids is 1. The van der Waals surface area contributed by atoms with Gasteiger partial charge >= 0.3 is 0 Å². The smallest absolute Gasteiger partial charge is 0.251 e. The lowest BCUT2D eigenvalue weighted by Crippen LogP contribution is -2.29. The molecule has 23 heavy (non-hydrogen) atoms. The molecule has 0 aliphatic rings. The highest BCUT2D eigenvalue weighted by Crippen LogP contribution is 2.20. The molecule has 0 radical (unpaired) electrons. The average molecular weight is 317 g/mol. The van der Waals surface area contributed by atoms with E-state index in [4.69, 9.17) is 0 Å². The molecular weight excluding hydrogens is 304 g/mol. The highest BCUT2D eigenvalue weighted by molar-refractivity contribution is 5.95. The quantitative estimate of drug-likeness (QED) is 0.774. The van der Waals surface area contributed by atoms with Gasteiger partial charge in [-0.05, 0) is 24.3 Å².